The van der Waals surface area contributed by atoms with Crippen LogP contribution in [0, 0.1) is 0 Å². The third-order valence-corrected chi connectivity index (χ3v) is 3.26. The molecule has 2 nitrogen and oxygen atoms in total. The van der Waals surface area contributed by atoms with Crippen LogP contribution in [0.25, 0.3) is 0 Å². The van der Waals surface area contributed by atoms with E-state index in [2.05, 4.69) is 4.74 Å². The molecule has 0 aliphatic rings. The van der Waals surface area contributed by atoms with E-state index in [4.69, 9.17) is 4.74 Å². The Balaban J connectivity index is 3.97. The van der Waals surface area contributed by atoms with Crippen LogP contribution in [-0.4, -0.2) is 24.6 Å². The molecule has 0 saturated carbocycles. The standard InChI is InChI=1S/C16H17F9O2/c1-8(2)26-12-6-5-10(14(17,18)19)7-11(12)13(15(20,21)22,16(23,24)25)27-9(3)4/h5-9H,1-4H3. The van der Waals surface area contributed by atoms with Crippen LogP contribution in [0.5, 0.6) is 5.75 Å². The lowest BCUT2D eigenvalue weighted by Gasteiger charge is -2.39. The molecule has 0 spiro atoms. The maximum absolute atomic E-state index is 13.7. The Morgan fingerprint density at radius 2 is 1.22 bits per heavy atom. The molecule has 11 heteroatoms. The summed E-state index contributed by atoms with van der Waals surface area (Å²) in [7, 11) is 0. The monoisotopic (exact) mass is 412 g/mol. The molecule has 0 N–H and O–H groups in total. The zero-order chi connectivity index (χ0) is 21.4. The summed E-state index contributed by atoms with van der Waals surface area (Å²) in [5, 5.41) is 0. The van der Waals surface area contributed by atoms with E-state index in [1.165, 1.54) is 13.8 Å². The summed E-state index contributed by atoms with van der Waals surface area (Å²) in [4.78, 5) is 0. The minimum Gasteiger partial charge on any atom is -0.491 e. The SMILES string of the molecule is CC(C)Oc1ccc(C(F)(F)F)cc1C(OC(C)C)(C(F)(F)F)C(F)(F)F. The van der Waals surface area contributed by atoms with E-state index in [1.54, 1.807) is 0 Å². The number of alkyl halides is 9. The number of benzene rings is 1. The van der Waals surface area contributed by atoms with Crippen molar-refractivity contribution in [1.82, 2.24) is 0 Å². The number of hydrogen-bond donors (Lipinski definition) is 0. The van der Waals surface area contributed by atoms with Crippen molar-refractivity contribution in [3.63, 3.8) is 0 Å². The summed E-state index contributed by atoms with van der Waals surface area (Å²) in [5.41, 5.74) is -8.50. The van der Waals surface area contributed by atoms with Crippen LogP contribution in [0.2, 0.25) is 0 Å². The van der Waals surface area contributed by atoms with Crippen molar-refractivity contribution in [1.29, 1.82) is 0 Å². The Kier molecular flexibility index (Phi) is 6.41. The molecule has 0 bridgehead atoms. The summed E-state index contributed by atoms with van der Waals surface area (Å²) in [6.45, 7) is 4.41. The van der Waals surface area contributed by atoms with Gasteiger partial charge in [0.25, 0.3) is 5.60 Å². The highest BCUT2D eigenvalue weighted by atomic mass is 19.4. The lowest BCUT2D eigenvalue weighted by molar-refractivity contribution is -0.397. The van der Waals surface area contributed by atoms with Crippen molar-refractivity contribution in [2.75, 3.05) is 0 Å². The van der Waals surface area contributed by atoms with Gasteiger partial charge in [-0.1, -0.05) is 0 Å². The quantitative estimate of drug-likeness (QED) is 0.534. The van der Waals surface area contributed by atoms with E-state index in [-0.39, 0.29) is 6.07 Å². The van der Waals surface area contributed by atoms with E-state index in [0.29, 0.717) is 12.1 Å². The lowest BCUT2D eigenvalue weighted by atomic mass is 9.89. The van der Waals surface area contributed by atoms with Crippen molar-refractivity contribution in [2.45, 2.75) is 64.0 Å². The average molecular weight is 412 g/mol. The third kappa shape index (κ3) is 4.80. The van der Waals surface area contributed by atoms with Crippen LogP contribution in [0.1, 0.15) is 38.8 Å². The fraction of sp³-hybridized carbons (Fsp3) is 0.625. The van der Waals surface area contributed by atoms with E-state index in [0.717, 1.165) is 13.8 Å². The molecular formula is C16H17F9O2. The second kappa shape index (κ2) is 7.40. The third-order valence-electron chi connectivity index (χ3n) is 3.26. The molecule has 0 aliphatic carbocycles. The number of ether oxygens (including phenoxy) is 2. The van der Waals surface area contributed by atoms with Crippen molar-refractivity contribution in [2.24, 2.45) is 0 Å². The molecule has 0 fully saturated rings. The maximum atomic E-state index is 13.7. The van der Waals surface area contributed by atoms with Crippen molar-refractivity contribution in [3.8, 4) is 5.75 Å². The molecule has 0 saturated heterocycles. The minimum absolute atomic E-state index is 0.235. The summed E-state index contributed by atoms with van der Waals surface area (Å²) in [6, 6.07) is 0.531. The van der Waals surface area contributed by atoms with Crippen LogP contribution in [0.4, 0.5) is 39.5 Å². The highest BCUT2D eigenvalue weighted by molar-refractivity contribution is 5.44. The fourth-order valence-electron chi connectivity index (χ4n) is 2.35. The first kappa shape index (κ1) is 23.4. The molecule has 0 aromatic heterocycles. The molecule has 0 amide bonds. The normalized spacial score (nSPS) is 14.2. The van der Waals surface area contributed by atoms with E-state index < -0.39 is 53.2 Å². The highest BCUT2D eigenvalue weighted by Crippen LogP contribution is 2.56. The summed E-state index contributed by atoms with van der Waals surface area (Å²) in [5.74, 6) is -1.01. The van der Waals surface area contributed by atoms with Gasteiger partial charge in [-0.2, -0.15) is 39.5 Å². The van der Waals surface area contributed by atoms with Crippen LogP contribution in [0.3, 0.4) is 0 Å². The summed E-state index contributed by atoms with van der Waals surface area (Å²) < 4.78 is 130. The van der Waals surface area contributed by atoms with Gasteiger partial charge >= 0.3 is 18.5 Å². The molecule has 0 aliphatic heterocycles. The molecule has 0 radical (unpaired) electrons. The average Bonchev–Trinajstić information content (AvgIpc) is 2.40. The van der Waals surface area contributed by atoms with E-state index >= 15 is 0 Å². The van der Waals surface area contributed by atoms with E-state index in [9.17, 15) is 39.5 Å². The van der Waals surface area contributed by atoms with Gasteiger partial charge in [0.1, 0.15) is 5.75 Å². The van der Waals surface area contributed by atoms with Crippen molar-refractivity contribution >= 4 is 0 Å². The van der Waals surface area contributed by atoms with Gasteiger partial charge in [0.05, 0.1) is 17.8 Å². The van der Waals surface area contributed by atoms with Crippen molar-refractivity contribution < 1.29 is 49.0 Å². The van der Waals surface area contributed by atoms with Gasteiger partial charge in [0, 0.05) is 5.56 Å². The Hall–Kier alpha value is -1.65. The van der Waals surface area contributed by atoms with Crippen molar-refractivity contribution in [3.05, 3.63) is 29.3 Å². The number of rotatable bonds is 5. The van der Waals surface area contributed by atoms with Crippen LogP contribution in [0.15, 0.2) is 18.2 Å². The maximum Gasteiger partial charge on any atom is 0.431 e. The van der Waals surface area contributed by atoms with Gasteiger partial charge in [-0.25, -0.2) is 0 Å². The van der Waals surface area contributed by atoms with Crippen LogP contribution in [-0.2, 0) is 16.5 Å². The molecular weight excluding hydrogens is 395 g/mol. The smallest absolute Gasteiger partial charge is 0.431 e. The Morgan fingerprint density at radius 1 is 0.741 bits per heavy atom. The van der Waals surface area contributed by atoms with Gasteiger partial charge in [0.2, 0.25) is 0 Å². The predicted octanol–water partition coefficient (Wildman–Crippen LogP) is 6.24. The second-order valence-electron chi connectivity index (χ2n) is 6.22. The van der Waals surface area contributed by atoms with Gasteiger partial charge < -0.3 is 9.47 Å². The number of hydrogen-bond acceptors (Lipinski definition) is 2. The zero-order valence-corrected chi connectivity index (χ0v) is 14.6. The van der Waals surface area contributed by atoms with Gasteiger partial charge in [0.15, 0.2) is 0 Å². The largest absolute Gasteiger partial charge is 0.491 e. The Morgan fingerprint density at radius 3 is 1.56 bits per heavy atom. The molecule has 27 heavy (non-hydrogen) atoms. The molecule has 1 aromatic rings. The second-order valence-corrected chi connectivity index (χ2v) is 6.22. The van der Waals surface area contributed by atoms with Crippen LogP contribution >= 0.6 is 0 Å². The molecule has 1 rings (SSSR count). The highest BCUT2D eigenvalue weighted by Gasteiger charge is 2.74. The minimum atomic E-state index is -6.12. The Bertz CT molecular complexity index is 629. The zero-order valence-electron chi connectivity index (χ0n) is 14.6. The predicted molar refractivity (Wildman–Crippen MR) is 77.2 cm³/mol. The first-order valence-corrected chi connectivity index (χ1v) is 7.63. The molecule has 0 atom stereocenters. The first-order chi connectivity index (χ1) is 11.9. The lowest BCUT2D eigenvalue weighted by Crippen LogP contribution is -2.57. The molecule has 1 aromatic carbocycles. The summed E-state index contributed by atoms with van der Waals surface area (Å²) in [6.07, 6.45) is -19.9. The summed E-state index contributed by atoms with van der Waals surface area (Å²) >= 11 is 0. The molecule has 156 valence electrons. The van der Waals surface area contributed by atoms with Gasteiger partial charge in [-0.05, 0) is 45.9 Å². The van der Waals surface area contributed by atoms with Gasteiger partial charge in [-0.15, -0.1) is 0 Å². The van der Waals surface area contributed by atoms with Gasteiger partial charge in [-0.3, -0.25) is 0 Å². The van der Waals surface area contributed by atoms with E-state index in [1.807, 2.05) is 0 Å². The molecule has 0 heterocycles. The Labute approximate surface area is 149 Å². The number of halogens is 9. The fourth-order valence-corrected chi connectivity index (χ4v) is 2.35. The first-order valence-electron chi connectivity index (χ1n) is 7.63. The molecule has 0 unspecified atom stereocenters. The topological polar surface area (TPSA) is 18.5 Å². The van der Waals surface area contributed by atoms with Crippen LogP contribution < -0.4 is 4.74 Å².